The number of hydrogen-bond donors (Lipinski definition) is 0. The lowest BCUT2D eigenvalue weighted by atomic mass is 9.78. The molecule has 0 aromatic carbocycles. The highest BCUT2D eigenvalue weighted by molar-refractivity contribution is 7.81. The first-order valence-electron chi connectivity index (χ1n) is 5.23. The van der Waals surface area contributed by atoms with Gasteiger partial charge in [0.05, 0.1) is 12.7 Å². The van der Waals surface area contributed by atoms with Crippen molar-refractivity contribution in [3.63, 3.8) is 0 Å². The van der Waals surface area contributed by atoms with Gasteiger partial charge in [-0.15, -0.1) is 0 Å². The van der Waals surface area contributed by atoms with Gasteiger partial charge in [0.2, 0.25) is 0 Å². The Morgan fingerprint density at radius 2 is 1.53 bits per heavy atom. The molecular weight excluding hydrogens is 216 g/mol. The predicted molar refractivity (Wildman–Crippen MR) is 59.7 cm³/mol. The molecule has 0 spiro atoms. The first-order valence-corrected chi connectivity index (χ1v) is 6.56. The molecule has 4 nitrogen and oxygen atoms in total. The van der Waals surface area contributed by atoms with Crippen LogP contribution in [-0.2, 0) is 18.8 Å². The quantitative estimate of drug-likeness (QED) is 0.712. The van der Waals surface area contributed by atoms with Gasteiger partial charge in [0.25, 0.3) is 0 Å². The maximum Gasteiger partial charge on any atom is 0.400 e. The molecule has 0 radical (unpaired) electrons. The van der Waals surface area contributed by atoms with Crippen LogP contribution in [0.3, 0.4) is 0 Å². The fourth-order valence-corrected chi connectivity index (χ4v) is 2.91. The van der Waals surface area contributed by atoms with Crippen molar-refractivity contribution in [2.24, 2.45) is 11.8 Å². The lowest BCUT2D eigenvalue weighted by Crippen LogP contribution is -2.44. The van der Waals surface area contributed by atoms with E-state index in [0.717, 1.165) is 7.11 Å². The molecule has 0 saturated carbocycles. The van der Waals surface area contributed by atoms with Gasteiger partial charge in [0.15, 0.2) is 0 Å². The molecule has 0 bridgehead atoms. The Balaban J connectivity index is 5.12. The molecule has 0 aliphatic heterocycles. The predicted octanol–water partition coefficient (Wildman–Crippen LogP) is 2.36. The van der Waals surface area contributed by atoms with E-state index in [0.29, 0.717) is 6.42 Å². The van der Waals surface area contributed by atoms with Gasteiger partial charge < -0.3 is 0 Å². The molecule has 0 aliphatic rings. The van der Waals surface area contributed by atoms with Gasteiger partial charge in [-0.2, -0.15) is 8.42 Å². The molecule has 5 heteroatoms. The van der Waals surface area contributed by atoms with Crippen LogP contribution < -0.4 is 0 Å². The second-order valence-corrected chi connectivity index (χ2v) is 5.59. The highest BCUT2D eigenvalue weighted by Crippen LogP contribution is 2.35. The summed E-state index contributed by atoms with van der Waals surface area (Å²) in [5, 5.41) is 0. The topological polar surface area (TPSA) is 52.6 Å². The zero-order valence-electron chi connectivity index (χ0n) is 10.4. The highest BCUT2D eigenvalue weighted by Gasteiger charge is 2.41. The largest absolute Gasteiger partial charge is 0.400 e. The summed E-state index contributed by atoms with van der Waals surface area (Å²) in [6, 6.07) is 0. The first kappa shape index (κ1) is 14.9. The van der Waals surface area contributed by atoms with Crippen molar-refractivity contribution in [1.82, 2.24) is 0 Å². The van der Waals surface area contributed by atoms with Gasteiger partial charge in [0, 0.05) is 0 Å². The standard InChI is InChI=1S/C10H22O4S/c1-7-10(8(2)3,9(4)5)14-15(11,12)13-6/h8-9H,7H2,1-6H3. The molecule has 0 aromatic rings. The van der Waals surface area contributed by atoms with E-state index in [1.807, 2.05) is 34.6 Å². The van der Waals surface area contributed by atoms with Crippen LogP contribution in [0.4, 0.5) is 0 Å². The van der Waals surface area contributed by atoms with Crippen molar-refractivity contribution in [1.29, 1.82) is 0 Å². The number of hydrogen-bond acceptors (Lipinski definition) is 4. The summed E-state index contributed by atoms with van der Waals surface area (Å²) in [5.74, 6) is 0.208. The minimum absolute atomic E-state index is 0.104. The Hall–Kier alpha value is -0.130. The van der Waals surface area contributed by atoms with Gasteiger partial charge in [0.1, 0.15) is 0 Å². The fourth-order valence-electron chi connectivity index (χ4n) is 1.96. The van der Waals surface area contributed by atoms with Gasteiger partial charge in [-0.25, -0.2) is 4.18 Å². The summed E-state index contributed by atoms with van der Waals surface area (Å²) in [5.41, 5.74) is -0.686. The molecule has 0 fully saturated rings. The van der Waals surface area contributed by atoms with Crippen molar-refractivity contribution in [2.75, 3.05) is 7.11 Å². The van der Waals surface area contributed by atoms with Crippen LogP contribution in [0.15, 0.2) is 0 Å². The summed E-state index contributed by atoms with van der Waals surface area (Å²) >= 11 is 0. The minimum atomic E-state index is -3.88. The Kier molecular flexibility index (Phi) is 5.23. The second kappa shape index (κ2) is 5.27. The van der Waals surface area contributed by atoms with E-state index in [4.69, 9.17) is 4.18 Å². The molecule has 0 atom stereocenters. The van der Waals surface area contributed by atoms with Crippen LogP contribution in [0.25, 0.3) is 0 Å². The smallest absolute Gasteiger partial charge is 0.252 e. The molecule has 0 aliphatic carbocycles. The van der Waals surface area contributed by atoms with Gasteiger partial charge in [-0.1, -0.05) is 34.6 Å². The zero-order valence-corrected chi connectivity index (χ0v) is 11.2. The summed E-state index contributed by atoms with van der Waals surface area (Å²) in [6.45, 7) is 9.73. The average molecular weight is 238 g/mol. The second-order valence-electron chi connectivity index (χ2n) is 4.28. The SMILES string of the molecule is CCC(OS(=O)(=O)OC)(C(C)C)C(C)C. The van der Waals surface area contributed by atoms with E-state index in [2.05, 4.69) is 4.18 Å². The van der Waals surface area contributed by atoms with Gasteiger partial charge >= 0.3 is 10.4 Å². The Bertz CT molecular complexity index is 272. The first-order chi connectivity index (χ1) is 6.72. The molecule has 0 amide bonds. The molecule has 0 saturated heterocycles. The van der Waals surface area contributed by atoms with Gasteiger partial charge in [-0.3, -0.25) is 4.18 Å². The lowest BCUT2D eigenvalue weighted by molar-refractivity contribution is -0.0294. The van der Waals surface area contributed by atoms with Crippen LogP contribution in [0.2, 0.25) is 0 Å². The summed E-state index contributed by atoms with van der Waals surface area (Å²) in [4.78, 5) is 0. The molecule has 0 N–H and O–H groups in total. The van der Waals surface area contributed by atoms with Crippen LogP contribution in [0, 0.1) is 11.8 Å². The van der Waals surface area contributed by atoms with E-state index in [-0.39, 0.29) is 11.8 Å². The van der Waals surface area contributed by atoms with Crippen molar-refractivity contribution in [2.45, 2.75) is 46.6 Å². The van der Waals surface area contributed by atoms with E-state index < -0.39 is 16.0 Å². The van der Waals surface area contributed by atoms with Crippen molar-refractivity contribution < 1.29 is 16.8 Å². The highest BCUT2D eigenvalue weighted by atomic mass is 32.3. The summed E-state index contributed by atoms with van der Waals surface area (Å²) in [6.07, 6.45) is 0.630. The van der Waals surface area contributed by atoms with Crippen molar-refractivity contribution in [3.05, 3.63) is 0 Å². The van der Waals surface area contributed by atoms with E-state index in [1.165, 1.54) is 0 Å². The summed E-state index contributed by atoms with van der Waals surface area (Å²) in [7, 11) is -2.77. The van der Waals surface area contributed by atoms with E-state index >= 15 is 0 Å². The van der Waals surface area contributed by atoms with Crippen molar-refractivity contribution in [3.8, 4) is 0 Å². The summed E-state index contributed by atoms with van der Waals surface area (Å²) < 4.78 is 32.2. The lowest BCUT2D eigenvalue weighted by Gasteiger charge is -2.38. The monoisotopic (exact) mass is 238 g/mol. The molecular formula is C10H22O4S. The van der Waals surface area contributed by atoms with Crippen LogP contribution in [0.5, 0.6) is 0 Å². The minimum Gasteiger partial charge on any atom is -0.252 e. The molecule has 0 rings (SSSR count). The van der Waals surface area contributed by atoms with Crippen LogP contribution in [0.1, 0.15) is 41.0 Å². The van der Waals surface area contributed by atoms with Crippen molar-refractivity contribution >= 4 is 10.4 Å². The Labute approximate surface area is 93.3 Å². The molecule has 92 valence electrons. The maximum absolute atomic E-state index is 11.3. The van der Waals surface area contributed by atoms with Gasteiger partial charge in [-0.05, 0) is 18.3 Å². The maximum atomic E-state index is 11.3. The molecule has 15 heavy (non-hydrogen) atoms. The zero-order chi connectivity index (χ0) is 12.3. The average Bonchev–Trinajstić information content (AvgIpc) is 2.13. The number of rotatable bonds is 6. The molecule has 0 unspecified atom stereocenters. The molecule has 0 heterocycles. The fraction of sp³-hybridized carbons (Fsp3) is 1.00. The Morgan fingerprint density at radius 1 is 1.13 bits per heavy atom. The third kappa shape index (κ3) is 3.43. The Morgan fingerprint density at radius 3 is 1.73 bits per heavy atom. The van der Waals surface area contributed by atoms with E-state index in [9.17, 15) is 8.42 Å². The third-order valence-corrected chi connectivity index (χ3v) is 3.89. The van der Waals surface area contributed by atoms with Crippen LogP contribution >= 0.6 is 0 Å². The van der Waals surface area contributed by atoms with E-state index in [1.54, 1.807) is 0 Å². The van der Waals surface area contributed by atoms with Crippen LogP contribution in [-0.4, -0.2) is 21.1 Å². The normalized spacial score (nSPS) is 13.9. The third-order valence-electron chi connectivity index (χ3n) is 2.97. The molecule has 0 aromatic heterocycles.